The molecule has 1 aliphatic rings. The molecule has 100 valence electrons. The molecule has 0 fully saturated rings. The summed E-state index contributed by atoms with van der Waals surface area (Å²) in [6.07, 6.45) is 5.61. The van der Waals surface area contributed by atoms with Crippen molar-refractivity contribution in [3.05, 3.63) is 29.3 Å². The Balaban J connectivity index is 1.79. The number of para-hydroxylation sites is 1. The zero-order valence-electron chi connectivity index (χ0n) is 11.0. The number of nitrogens with one attached hydrogen (secondary N) is 2. The molecule has 0 amide bonds. The van der Waals surface area contributed by atoms with Crippen LogP contribution >= 0.6 is 0 Å². The SMILES string of the molecule is OCCCCCNCc1cccc2c1NCCC2. The second kappa shape index (κ2) is 7.39. The van der Waals surface area contributed by atoms with Gasteiger partial charge in [0.25, 0.3) is 0 Å². The van der Waals surface area contributed by atoms with Gasteiger partial charge in [-0.15, -0.1) is 0 Å². The first-order valence-corrected chi connectivity index (χ1v) is 7.08. The fraction of sp³-hybridized carbons (Fsp3) is 0.600. The lowest BCUT2D eigenvalue weighted by Gasteiger charge is -2.21. The molecule has 3 heteroatoms. The molecule has 0 aromatic heterocycles. The Morgan fingerprint density at radius 3 is 3.06 bits per heavy atom. The van der Waals surface area contributed by atoms with E-state index in [0.717, 1.165) is 38.9 Å². The Labute approximate surface area is 110 Å². The van der Waals surface area contributed by atoms with Crippen LogP contribution in [-0.4, -0.2) is 24.8 Å². The van der Waals surface area contributed by atoms with Crippen LogP contribution in [0.15, 0.2) is 18.2 Å². The Morgan fingerprint density at radius 2 is 2.17 bits per heavy atom. The fourth-order valence-electron chi connectivity index (χ4n) is 2.49. The average Bonchev–Trinajstić information content (AvgIpc) is 2.43. The highest BCUT2D eigenvalue weighted by Gasteiger charge is 2.11. The lowest BCUT2D eigenvalue weighted by atomic mass is 9.99. The number of unbranched alkanes of at least 4 members (excludes halogenated alkanes) is 2. The van der Waals surface area contributed by atoms with Gasteiger partial charge in [0, 0.05) is 25.4 Å². The lowest BCUT2D eigenvalue weighted by Crippen LogP contribution is -2.19. The zero-order chi connectivity index (χ0) is 12.6. The number of aryl methyl sites for hydroxylation is 1. The van der Waals surface area contributed by atoms with Gasteiger partial charge in [0.1, 0.15) is 0 Å². The third-order valence-electron chi connectivity index (χ3n) is 3.49. The normalized spacial score (nSPS) is 14.1. The van der Waals surface area contributed by atoms with Gasteiger partial charge in [-0.1, -0.05) is 18.2 Å². The predicted molar refractivity (Wildman–Crippen MR) is 75.9 cm³/mol. The van der Waals surface area contributed by atoms with Crippen LogP contribution in [0.25, 0.3) is 0 Å². The molecule has 0 atom stereocenters. The van der Waals surface area contributed by atoms with Crippen molar-refractivity contribution >= 4 is 5.69 Å². The van der Waals surface area contributed by atoms with Crippen molar-refractivity contribution in [2.24, 2.45) is 0 Å². The molecule has 0 aliphatic carbocycles. The van der Waals surface area contributed by atoms with Crippen LogP contribution in [0.3, 0.4) is 0 Å². The van der Waals surface area contributed by atoms with E-state index in [0.29, 0.717) is 6.61 Å². The van der Waals surface area contributed by atoms with Gasteiger partial charge in [0.05, 0.1) is 0 Å². The summed E-state index contributed by atoms with van der Waals surface area (Å²) >= 11 is 0. The van der Waals surface area contributed by atoms with Gasteiger partial charge in [0.15, 0.2) is 0 Å². The number of fused-ring (bicyclic) bond motifs is 1. The molecular formula is C15H24N2O. The minimum atomic E-state index is 0.316. The maximum atomic E-state index is 8.70. The Morgan fingerprint density at radius 1 is 1.22 bits per heavy atom. The van der Waals surface area contributed by atoms with E-state index in [1.807, 2.05) is 0 Å². The van der Waals surface area contributed by atoms with E-state index in [9.17, 15) is 0 Å². The quantitative estimate of drug-likeness (QED) is 0.649. The van der Waals surface area contributed by atoms with Crippen molar-refractivity contribution in [1.82, 2.24) is 5.32 Å². The highest BCUT2D eigenvalue weighted by molar-refractivity contribution is 5.59. The summed E-state index contributed by atoms with van der Waals surface area (Å²) in [7, 11) is 0. The van der Waals surface area contributed by atoms with Crippen LogP contribution < -0.4 is 10.6 Å². The van der Waals surface area contributed by atoms with Crippen LogP contribution in [0.5, 0.6) is 0 Å². The van der Waals surface area contributed by atoms with E-state index in [2.05, 4.69) is 28.8 Å². The van der Waals surface area contributed by atoms with Gasteiger partial charge >= 0.3 is 0 Å². The van der Waals surface area contributed by atoms with Gasteiger partial charge in [-0.3, -0.25) is 0 Å². The Hall–Kier alpha value is -1.06. The summed E-state index contributed by atoms with van der Waals surface area (Å²) in [4.78, 5) is 0. The minimum absolute atomic E-state index is 0.316. The first-order chi connectivity index (χ1) is 8.92. The topological polar surface area (TPSA) is 44.3 Å². The van der Waals surface area contributed by atoms with Crippen molar-refractivity contribution in [1.29, 1.82) is 0 Å². The molecule has 0 saturated carbocycles. The van der Waals surface area contributed by atoms with Crippen molar-refractivity contribution in [2.75, 3.05) is 25.0 Å². The van der Waals surface area contributed by atoms with Gasteiger partial charge in [-0.25, -0.2) is 0 Å². The number of aliphatic hydroxyl groups is 1. The maximum Gasteiger partial charge on any atom is 0.0431 e. The molecule has 1 aliphatic heterocycles. The number of aliphatic hydroxyl groups excluding tert-OH is 1. The van der Waals surface area contributed by atoms with E-state index in [1.165, 1.54) is 29.7 Å². The second-order valence-electron chi connectivity index (χ2n) is 4.94. The molecule has 3 nitrogen and oxygen atoms in total. The summed E-state index contributed by atoms with van der Waals surface area (Å²) < 4.78 is 0. The summed E-state index contributed by atoms with van der Waals surface area (Å²) in [5.41, 5.74) is 4.20. The standard InChI is InChI=1S/C15H24N2O/c18-11-3-1-2-9-16-12-14-7-4-6-13-8-5-10-17-15(13)14/h4,6-7,16-18H,1-3,5,8-12H2. The predicted octanol–water partition coefficient (Wildman–Crippen LogP) is 2.30. The zero-order valence-corrected chi connectivity index (χ0v) is 11.0. The summed E-state index contributed by atoms with van der Waals surface area (Å²) in [6, 6.07) is 6.60. The summed E-state index contributed by atoms with van der Waals surface area (Å²) in [6.45, 7) is 3.38. The van der Waals surface area contributed by atoms with Crippen LogP contribution in [0, 0.1) is 0 Å². The highest BCUT2D eigenvalue weighted by Crippen LogP contribution is 2.25. The van der Waals surface area contributed by atoms with E-state index >= 15 is 0 Å². The largest absolute Gasteiger partial charge is 0.396 e. The first-order valence-electron chi connectivity index (χ1n) is 7.08. The maximum absolute atomic E-state index is 8.70. The molecule has 0 radical (unpaired) electrons. The van der Waals surface area contributed by atoms with E-state index < -0.39 is 0 Å². The van der Waals surface area contributed by atoms with Crippen molar-refractivity contribution in [3.8, 4) is 0 Å². The molecular weight excluding hydrogens is 224 g/mol. The molecule has 18 heavy (non-hydrogen) atoms. The fourth-order valence-corrected chi connectivity index (χ4v) is 2.49. The number of hydrogen-bond donors (Lipinski definition) is 3. The molecule has 0 saturated heterocycles. The minimum Gasteiger partial charge on any atom is -0.396 e. The Kier molecular flexibility index (Phi) is 5.49. The van der Waals surface area contributed by atoms with Gasteiger partial charge in [-0.2, -0.15) is 0 Å². The van der Waals surface area contributed by atoms with Crippen LogP contribution in [0.2, 0.25) is 0 Å². The molecule has 0 spiro atoms. The summed E-state index contributed by atoms with van der Waals surface area (Å²) in [5.74, 6) is 0. The van der Waals surface area contributed by atoms with Crippen molar-refractivity contribution < 1.29 is 5.11 Å². The molecule has 2 rings (SSSR count). The van der Waals surface area contributed by atoms with Crippen molar-refractivity contribution in [3.63, 3.8) is 0 Å². The van der Waals surface area contributed by atoms with Gasteiger partial charge in [0.2, 0.25) is 0 Å². The third kappa shape index (κ3) is 3.72. The van der Waals surface area contributed by atoms with Crippen LogP contribution in [-0.2, 0) is 13.0 Å². The van der Waals surface area contributed by atoms with Crippen LogP contribution in [0.1, 0.15) is 36.8 Å². The molecule has 3 N–H and O–H groups in total. The van der Waals surface area contributed by atoms with Crippen LogP contribution in [0.4, 0.5) is 5.69 Å². The van der Waals surface area contributed by atoms with Gasteiger partial charge in [-0.05, 0) is 49.8 Å². The lowest BCUT2D eigenvalue weighted by molar-refractivity contribution is 0.283. The number of rotatable bonds is 7. The smallest absolute Gasteiger partial charge is 0.0431 e. The molecule has 1 aromatic rings. The number of anilines is 1. The summed E-state index contributed by atoms with van der Waals surface area (Å²) in [5, 5.41) is 15.7. The number of benzene rings is 1. The van der Waals surface area contributed by atoms with Gasteiger partial charge < -0.3 is 15.7 Å². The Bertz CT molecular complexity index is 366. The first kappa shape index (κ1) is 13.4. The van der Waals surface area contributed by atoms with E-state index in [1.54, 1.807) is 0 Å². The van der Waals surface area contributed by atoms with E-state index in [4.69, 9.17) is 5.11 Å². The molecule has 0 unspecified atom stereocenters. The average molecular weight is 248 g/mol. The monoisotopic (exact) mass is 248 g/mol. The number of hydrogen-bond acceptors (Lipinski definition) is 3. The molecule has 1 aromatic carbocycles. The molecule has 0 bridgehead atoms. The highest BCUT2D eigenvalue weighted by atomic mass is 16.2. The third-order valence-corrected chi connectivity index (χ3v) is 3.49. The molecule has 1 heterocycles. The second-order valence-corrected chi connectivity index (χ2v) is 4.94. The van der Waals surface area contributed by atoms with E-state index in [-0.39, 0.29) is 0 Å². The van der Waals surface area contributed by atoms with Crippen molar-refractivity contribution in [2.45, 2.75) is 38.6 Å².